The molecule has 1 aromatic heterocycles. The topological polar surface area (TPSA) is 34.2 Å². The molecule has 0 aliphatic rings. The Labute approximate surface area is 116 Å². The third kappa shape index (κ3) is 2.59. The molecule has 0 amide bonds. The number of methoxy groups -OCH3 is 1. The molecular formula is C16H14FNO2. The van der Waals surface area contributed by atoms with Gasteiger partial charge in [0, 0.05) is 5.52 Å². The van der Waals surface area contributed by atoms with E-state index >= 15 is 0 Å². The molecule has 0 spiro atoms. The van der Waals surface area contributed by atoms with E-state index < -0.39 is 0 Å². The van der Waals surface area contributed by atoms with Crippen molar-refractivity contribution in [3.05, 3.63) is 60.0 Å². The zero-order valence-electron chi connectivity index (χ0n) is 11.0. The highest BCUT2D eigenvalue weighted by molar-refractivity contribution is 5.80. The molecule has 1 heterocycles. The Morgan fingerprint density at radius 3 is 2.50 bits per heavy atom. The van der Waals surface area contributed by atoms with Gasteiger partial charge >= 0.3 is 0 Å². The Balaban J connectivity index is 1.72. The van der Waals surface area contributed by atoms with Gasteiger partial charge in [0.15, 0.2) is 0 Å². The number of halogens is 1. The van der Waals surface area contributed by atoms with E-state index in [1.807, 2.05) is 30.3 Å². The van der Waals surface area contributed by atoms with Gasteiger partial charge in [-0.05, 0) is 53.9 Å². The summed E-state index contributed by atoms with van der Waals surface area (Å²) in [5.41, 5.74) is 1.68. The molecule has 0 saturated carbocycles. The maximum absolute atomic E-state index is 13.1. The Hall–Kier alpha value is -2.49. The number of hydrogen-bond acceptors (Lipinski definition) is 2. The maximum atomic E-state index is 13.1. The van der Waals surface area contributed by atoms with E-state index in [0.29, 0.717) is 6.61 Å². The summed E-state index contributed by atoms with van der Waals surface area (Å²) in [6.07, 6.45) is 0. The van der Waals surface area contributed by atoms with Gasteiger partial charge in [0.1, 0.15) is 23.9 Å². The Morgan fingerprint density at radius 2 is 1.75 bits per heavy atom. The molecule has 0 aliphatic carbocycles. The van der Waals surface area contributed by atoms with Crippen molar-refractivity contribution >= 4 is 10.9 Å². The fraction of sp³-hybridized carbons (Fsp3) is 0.125. The lowest BCUT2D eigenvalue weighted by Crippen LogP contribution is -1.95. The van der Waals surface area contributed by atoms with Crippen molar-refractivity contribution in [1.29, 1.82) is 0 Å². The maximum Gasteiger partial charge on any atom is 0.128 e. The average molecular weight is 271 g/mol. The number of hydrogen-bond donors (Lipinski definition) is 1. The predicted octanol–water partition coefficient (Wildman–Crippen LogP) is 3.89. The molecule has 102 valence electrons. The molecule has 0 saturated heterocycles. The summed E-state index contributed by atoms with van der Waals surface area (Å²) < 4.78 is 23.9. The van der Waals surface area contributed by atoms with Crippen LogP contribution < -0.4 is 9.47 Å². The lowest BCUT2D eigenvalue weighted by Gasteiger charge is -2.05. The van der Waals surface area contributed by atoms with E-state index in [-0.39, 0.29) is 5.82 Å². The zero-order chi connectivity index (χ0) is 13.9. The fourth-order valence-corrected chi connectivity index (χ4v) is 2.07. The third-order valence-electron chi connectivity index (χ3n) is 3.09. The van der Waals surface area contributed by atoms with Crippen molar-refractivity contribution in [2.45, 2.75) is 6.61 Å². The number of fused-ring (bicyclic) bond motifs is 1. The molecule has 0 atom stereocenters. The molecule has 0 unspecified atom stereocenters. The van der Waals surface area contributed by atoms with E-state index in [1.165, 1.54) is 12.1 Å². The quantitative estimate of drug-likeness (QED) is 0.781. The van der Waals surface area contributed by atoms with Gasteiger partial charge in [0.2, 0.25) is 0 Å². The van der Waals surface area contributed by atoms with Crippen LogP contribution in [0.1, 0.15) is 5.69 Å². The van der Waals surface area contributed by atoms with Gasteiger partial charge < -0.3 is 14.5 Å². The fourth-order valence-electron chi connectivity index (χ4n) is 2.07. The number of nitrogens with one attached hydrogen (secondary N) is 1. The van der Waals surface area contributed by atoms with Crippen LogP contribution in [0.5, 0.6) is 11.5 Å². The van der Waals surface area contributed by atoms with Crippen molar-refractivity contribution in [3.63, 3.8) is 0 Å². The van der Waals surface area contributed by atoms with Gasteiger partial charge in [0.05, 0.1) is 12.8 Å². The Kier molecular flexibility index (Phi) is 3.29. The van der Waals surface area contributed by atoms with Gasteiger partial charge in [-0.3, -0.25) is 0 Å². The first-order valence-corrected chi connectivity index (χ1v) is 6.28. The average Bonchev–Trinajstić information content (AvgIpc) is 2.87. The highest BCUT2D eigenvalue weighted by Gasteiger charge is 2.03. The van der Waals surface area contributed by atoms with Crippen LogP contribution in [-0.2, 0) is 6.61 Å². The molecule has 0 radical (unpaired) electrons. The summed E-state index contributed by atoms with van der Waals surface area (Å²) in [6, 6.07) is 14.0. The summed E-state index contributed by atoms with van der Waals surface area (Å²) in [6.45, 7) is 0.405. The van der Waals surface area contributed by atoms with Crippen LogP contribution in [0.3, 0.4) is 0 Å². The number of aromatic nitrogens is 1. The second-order valence-electron chi connectivity index (χ2n) is 4.49. The van der Waals surface area contributed by atoms with Crippen molar-refractivity contribution < 1.29 is 13.9 Å². The lowest BCUT2D eigenvalue weighted by molar-refractivity contribution is 0.301. The highest BCUT2D eigenvalue weighted by Crippen LogP contribution is 2.20. The molecule has 3 rings (SSSR count). The SMILES string of the molecule is COc1ccc(OCc2cc3ccc(F)cc3[nH]2)cc1. The van der Waals surface area contributed by atoms with Crippen LogP contribution in [0.4, 0.5) is 4.39 Å². The Morgan fingerprint density at radius 1 is 1.00 bits per heavy atom. The summed E-state index contributed by atoms with van der Waals surface area (Å²) >= 11 is 0. The number of ether oxygens (including phenoxy) is 2. The van der Waals surface area contributed by atoms with Crippen LogP contribution in [0, 0.1) is 5.82 Å². The molecular weight excluding hydrogens is 257 g/mol. The standard InChI is InChI=1S/C16H14FNO2/c1-19-14-4-6-15(7-5-14)20-10-13-8-11-2-3-12(17)9-16(11)18-13/h2-9,18H,10H2,1H3. The van der Waals surface area contributed by atoms with Crippen LogP contribution in [-0.4, -0.2) is 12.1 Å². The predicted molar refractivity (Wildman–Crippen MR) is 75.6 cm³/mol. The van der Waals surface area contributed by atoms with Gasteiger partial charge in [-0.1, -0.05) is 0 Å². The van der Waals surface area contributed by atoms with Gasteiger partial charge in [-0.25, -0.2) is 4.39 Å². The molecule has 4 heteroatoms. The van der Waals surface area contributed by atoms with E-state index in [1.54, 1.807) is 13.2 Å². The third-order valence-corrected chi connectivity index (χ3v) is 3.09. The van der Waals surface area contributed by atoms with Crippen molar-refractivity contribution in [2.75, 3.05) is 7.11 Å². The van der Waals surface area contributed by atoms with Crippen LogP contribution in [0.25, 0.3) is 10.9 Å². The molecule has 2 aromatic carbocycles. The van der Waals surface area contributed by atoms with E-state index in [4.69, 9.17) is 9.47 Å². The number of benzene rings is 2. The molecule has 0 fully saturated rings. The van der Waals surface area contributed by atoms with E-state index in [9.17, 15) is 4.39 Å². The molecule has 0 aliphatic heterocycles. The molecule has 20 heavy (non-hydrogen) atoms. The van der Waals surface area contributed by atoms with Crippen LogP contribution in [0.2, 0.25) is 0 Å². The Bertz CT molecular complexity index is 719. The molecule has 1 N–H and O–H groups in total. The van der Waals surface area contributed by atoms with Gasteiger partial charge in [-0.2, -0.15) is 0 Å². The minimum Gasteiger partial charge on any atom is -0.497 e. The minimum absolute atomic E-state index is 0.248. The first-order valence-electron chi connectivity index (χ1n) is 6.28. The van der Waals surface area contributed by atoms with E-state index in [0.717, 1.165) is 28.1 Å². The second kappa shape index (κ2) is 5.25. The summed E-state index contributed by atoms with van der Waals surface area (Å²) in [7, 11) is 1.62. The zero-order valence-corrected chi connectivity index (χ0v) is 11.0. The second-order valence-corrected chi connectivity index (χ2v) is 4.49. The van der Waals surface area contributed by atoms with Crippen molar-refractivity contribution in [3.8, 4) is 11.5 Å². The molecule has 0 bridgehead atoms. The summed E-state index contributed by atoms with van der Waals surface area (Å²) in [5.74, 6) is 1.30. The summed E-state index contributed by atoms with van der Waals surface area (Å²) in [4.78, 5) is 3.14. The van der Waals surface area contributed by atoms with Crippen LogP contribution >= 0.6 is 0 Å². The summed E-state index contributed by atoms with van der Waals surface area (Å²) in [5, 5.41) is 0.972. The minimum atomic E-state index is -0.248. The van der Waals surface area contributed by atoms with Crippen molar-refractivity contribution in [2.24, 2.45) is 0 Å². The van der Waals surface area contributed by atoms with Crippen molar-refractivity contribution in [1.82, 2.24) is 4.98 Å². The van der Waals surface area contributed by atoms with E-state index in [2.05, 4.69) is 4.98 Å². The number of aromatic amines is 1. The first-order chi connectivity index (χ1) is 9.74. The number of rotatable bonds is 4. The van der Waals surface area contributed by atoms with Gasteiger partial charge in [0.25, 0.3) is 0 Å². The molecule has 3 nitrogen and oxygen atoms in total. The monoisotopic (exact) mass is 271 g/mol. The normalized spacial score (nSPS) is 10.7. The van der Waals surface area contributed by atoms with Crippen LogP contribution in [0.15, 0.2) is 48.5 Å². The smallest absolute Gasteiger partial charge is 0.128 e. The molecule has 3 aromatic rings. The largest absolute Gasteiger partial charge is 0.497 e. The lowest BCUT2D eigenvalue weighted by atomic mass is 10.2. The van der Waals surface area contributed by atoms with Gasteiger partial charge in [-0.15, -0.1) is 0 Å². The number of H-pyrrole nitrogens is 1. The highest BCUT2D eigenvalue weighted by atomic mass is 19.1. The first kappa shape index (κ1) is 12.5.